The fourth-order valence-electron chi connectivity index (χ4n) is 3.34. The highest BCUT2D eigenvalue weighted by Crippen LogP contribution is 2.37. The molecule has 0 N–H and O–H groups in total. The Morgan fingerprint density at radius 1 is 1.09 bits per heavy atom. The lowest BCUT2D eigenvalue weighted by molar-refractivity contribution is -0.172. The summed E-state index contributed by atoms with van der Waals surface area (Å²) in [7, 11) is 0. The highest BCUT2D eigenvalue weighted by atomic mass is 32.1. The zero-order valence-corrected chi connectivity index (χ0v) is 18.8. The summed E-state index contributed by atoms with van der Waals surface area (Å²) < 4.78 is 50.9. The molecule has 1 heterocycles. The van der Waals surface area contributed by atoms with Crippen molar-refractivity contribution in [1.29, 1.82) is 0 Å². The predicted octanol–water partition coefficient (Wildman–Crippen LogP) is 7.20. The maximum atomic E-state index is 13.1. The van der Waals surface area contributed by atoms with Gasteiger partial charge in [-0.2, -0.15) is 13.2 Å². The van der Waals surface area contributed by atoms with Crippen LogP contribution in [0.5, 0.6) is 5.75 Å². The fraction of sp³-hybridized carbons (Fsp3) is 0.320. The van der Waals surface area contributed by atoms with Crippen LogP contribution in [-0.2, 0) is 16.0 Å². The summed E-state index contributed by atoms with van der Waals surface area (Å²) in [5.41, 5.74) is 0.965. The predicted molar refractivity (Wildman–Crippen MR) is 122 cm³/mol. The van der Waals surface area contributed by atoms with E-state index in [2.05, 4.69) is 43.8 Å². The van der Waals surface area contributed by atoms with Gasteiger partial charge in [-0.15, -0.1) is 11.3 Å². The molecular formula is C25H25F3O3S. The van der Waals surface area contributed by atoms with Crippen LogP contribution in [0.1, 0.15) is 25.8 Å². The molecule has 1 unspecified atom stereocenters. The summed E-state index contributed by atoms with van der Waals surface area (Å²) in [6.07, 6.45) is -3.65. The van der Waals surface area contributed by atoms with Crippen LogP contribution in [0.15, 0.2) is 61.2 Å². The molecule has 2 aromatic carbocycles. The van der Waals surface area contributed by atoms with E-state index in [-0.39, 0.29) is 6.61 Å². The quantitative estimate of drug-likeness (QED) is 0.249. The second kappa shape index (κ2) is 9.77. The average Bonchev–Trinajstić information content (AvgIpc) is 3.18. The van der Waals surface area contributed by atoms with Crippen LogP contribution >= 0.6 is 11.3 Å². The Bertz CT molecular complexity index is 1090. The molecule has 0 saturated heterocycles. The van der Waals surface area contributed by atoms with E-state index in [1.54, 1.807) is 17.4 Å². The Morgan fingerprint density at radius 3 is 2.44 bits per heavy atom. The normalized spacial score (nSPS) is 13.5. The lowest BCUT2D eigenvalue weighted by atomic mass is 9.88. The Kier molecular flexibility index (Phi) is 7.29. The number of esters is 1. The van der Waals surface area contributed by atoms with E-state index >= 15 is 0 Å². The topological polar surface area (TPSA) is 35.5 Å². The third-order valence-corrected chi connectivity index (χ3v) is 6.23. The van der Waals surface area contributed by atoms with Crippen molar-refractivity contribution in [3.63, 3.8) is 0 Å². The number of hydrogen-bond acceptors (Lipinski definition) is 4. The molecular weight excluding hydrogens is 437 g/mol. The third kappa shape index (κ3) is 6.36. The molecule has 0 fully saturated rings. The third-order valence-electron chi connectivity index (χ3n) is 5.08. The number of ether oxygens (including phenoxy) is 2. The first kappa shape index (κ1) is 23.9. The number of aryl methyl sites for hydroxylation is 1. The lowest BCUT2D eigenvalue weighted by Gasteiger charge is -2.29. The summed E-state index contributed by atoms with van der Waals surface area (Å²) in [5.74, 6) is -0.298. The molecule has 0 radical (unpaired) electrons. The fourth-order valence-corrected chi connectivity index (χ4v) is 4.43. The minimum absolute atomic E-state index is 0.251. The Hall–Kier alpha value is -2.80. The van der Waals surface area contributed by atoms with Gasteiger partial charge in [-0.05, 0) is 47.2 Å². The number of carbonyl (C=O) groups is 1. The second-order valence-corrected chi connectivity index (χ2v) is 9.15. The minimum Gasteiger partial charge on any atom is -0.493 e. The van der Waals surface area contributed by atoms with Crippen LogP contribution in [-0.4, -0.2) is 25.4 Å². The summed E-state index contributed by atoms with van der Waals surface area (Å²) in [5, 5.41) is 1.04. The van der Waals surface area contributed by atoms with E-state index in [0.29, 0.717) is 5.75 Å². The van der Waals surface area contributed by atoms with Crippen LogP contribution in [0, 0.1) is 5.41 Å². The molecule has 0 aliphatic rings. The van der Waals surface area contributed by atoms with Crippen molar-refractivity contribution in [1.82, 2.24) is 0 Å². The second-order valence-electron chi connectivity index (χ2n) is 8.06. The zero-order chi connectivity index (χ0) is 23.4. The first-order chi connectivity index (χ1) is 15.1. The van der Waals surface area contributed by atoms with Gasteiger partial charge in [0.05, 0.1) is 13.0 Å². The summed E-state index contributed by atoms with van der Waals surface area (Å²) in [6, 6.07) is 15.9. The summed E-state index contributed by atoms with van der Waals surface area (Å²) in [4.78, 5) is 12.4. The van der Waals surface area contributed by atoms with E-state index in [1.807, 2.05) is 12.1 Å². The molecule has 0 saturated carbocycles. The standard InChI is InChI=1S/C25H25F3O3S/c1-4-17-6-8-18(9-7-17)21-12-19-10-11-20(13-22(19)32-21)30-15-24(3,14-25(26,27)28)16-31-23(29)5-2/h5-13H,2,4,14-16H2,1,3H3. The molecule has 0 aliphatic heterocycles. The number of halogens is 3. The number of fused-ring (bicyclic) bond motifs is 1. The number of benzene rings is 2. The van der Waals surface area contributed by atoms with Crippen molar-refractivity contribution in [3.8, 4) is 16.2 Å². The van der Waals surface area contributed by atoms with Gasteiger partial charge in [0.25, 0.3) is 0 Å². The van der Waals surface area contributed by atoms with Gasteiger partial charge in [0.2, 0.25) is 0 Å². The average molecular weight is 463 g/mol. The van der Waals surface area contributed by atoms with Crippen molar-refractivity contribution in [2.45, 2.75) is 32.9 Å². The van der Waals surface area contributed by atoms with Gasteiger partial charge >= 0.3 is 12.1 Å². The van der Waals surface area contributed by atoms with Crippen LogP contribution in [0.3, 0.4) is 0 Å². The number of thiophene rings is 1. The van der Waals surface area contributed by atoms with E-state index in [0.717, 1.165) is 33.0 Å². The molecule has 0 aliphatic carbocycles. The lowest BCUT2D eigenvalue weighted by Crippen LogP contribution is -2.36. The first-order valence-corrected chi connectivity index (χ1v) is 11.0. The molecule has 0 amide bonds. The highest BCUT2D eigenvalue weighted by molar-refractivity contribution is 7.22. The van der Waals surface area contributed by atoms with Crippen molar-refractivity contribution in [3.05, 3.63) is 66.7 Å². The molecule has 0 spiro atoms. The van der Waals surface area contributed by atoms with Crippen LogP contribution in [0.4, 0.5) is 13.2 Å². The van der Waals surface area contributed by atoms with E-state index in [1.165, 1.54) is 12.5 Å². The molecule has 32 heavy (non-hydrogen) atoms. The number of rotatable bonds is 9. The number of alkyl halides is 3. The maximum absolute atomic E-state index is 13.1. The summed E-state index contributed by atoms with van der Waals surface area (Å²) in [6.45, 7) is 6.09. The zero-order valence-electron chi connectivity index (χ0n) is 18.0. The van der Waals surface area contributed by atoms with E-state index in [9.17, 15) is 18.0 Å². The first-order valence-electron chi connectivity index (χ1n) is 10.2. The van der Waals surface area contributed by atoms with Gasteiger partial charge < -0.3 is 9.47 Å². The Morgan fingerprint density at radius 2 is 1.81 bits per heavy atom. The molecule has 3 rings (SSSR count). The van der Waals surface area contributed by atoms with Gasteiger partial charge in [-0.25, -0.2) is 4.79 Å². The highest BCUT2D eigenvalue weighted by Gasteiger charge is 2.41. The van der Waals surface area contributed by atoms with Crippen LogP contribution < -0.4 is 4.74 Å². The molecule has 7 heteroatoms. The van der Waals surface area contributed by atoms with Crippen molar-refractivity contribution in [2.24, 2.45) is 5.41 Å². The van der Waals surface area contributed by atoms with E-state index < -0.39 is 30.6 Å². The molecule has 3 aromatic rings. The number of hydrogen-bond donors (Lipinski definition) is 0. The number of carbonyl (C=O) groups excluding carboxylic acids is 1. The van der Waals surface area contributed by atoms with E-state index in [4.69, 9.17) is 9.47 Å². The molecule has 170 valence electrons. The van der Waals surface area contributed by atoms with Crippen LogP contribution in [0.25, 0.3) is 20.5 Å². The molecule has 1 aromatic heterocycles. The Balaban J connectivity index is 1.75. The molecule has 1 atom stereocenters. The SMILES string of the molecule is C=CC(=O)OCC(C)(COc1ccc2cc(-c3ccc(CC)cc3)sc2c1)CC(F)(F)F. The monoisotopic (exact) mass is 462 g/mol. The van der Waals surface area contributed by atoms with Gasteiger partial charge in [0.1, 0.15) is 12.4 Å². The molecule has 3 nitrogen and oxygen atoms in total. The van der Waals surface area contributed by atoms with Gasteiger partial charge in [-0.3, -0.25) is 0 Å². The maximum Gasteiger partial charge on any atom is 0.389 e. The van der Waals surface area contributed by atoms with Crippen molar-refractivity contribution >= 4 is 27.4 Å². The smallest absolute Gasteiger partial charge is 0.389 e. The molecule has 0 bridgehead atoms. The summed E-state index contributed by atoms with van der Waals surface area (Å²) >= 11 is 1.60. The van der Waals surface area contributed by atoms with Gasteiger partial charge in [-0.1, -0.05) is 44.7 Å². The minimum atomic E-state index is -4.42. The van der Waals surface area contributed by atoms with Crippen molar-refractivity contribution < 1.29 is 27.4 Å². The van der Waals surface area contributed by atoms with Crippen LogP contribution in [0.2, 0.25) is 0 Å². The largest absolute Gasteiger partial charge is 0.493 e. The van der Waals surface area contributed by atoms with Crippen molar-refractivity contribution in [2.75, 3.05) is 13.2 Å². The van der Waals surface area contributed by atoms with Gasteiger partial charge in [0.15, 0.2) is 0 Å². The van der Waals surface area contributed by atoms with Gasteiger partial charge in [0, 0.05) is 21.1 Å². The Labute approximate surface area is 189 Å².